The highest BCUT2D eigenvalue weighted by Crippen LogP contribution is 2.25. The molecule has 0 unspecified atom stereocenters. The lowest BCUT2D eigenvalue weighted by atomic mass is 10.1. The fourth-order valence-electron chi connectivity index (χ4n) is 1.58. The van der Waals surface area contributed by atoms with Crippen molar-refractivity contribution in [2.45, 2.75) is 19.8 Å². The number of aryl methyl sites for hydroxylation is 1. The molecule has 0 aliphatic carbocycles. The SMILES string of the molecule is CCCc1nc(Cl)nc2c(Br)cccc12. The molecular weight excluding hydrogens is 275 g/mol. The molecule has 2 aromatic rings. The zero-order valence-electron chi connectivity index (χ0n) is 8.30. The van der Waals surface area contributed by atoms with Crippen molar-refractivity contribution in [3.63, 3.8) is 0 Å². The van der Waals surface area contributed by atoms with E-state index in [1.165, 1.54) is 0 Å². The van der Waals surface area contributed by atoms with Crippen LogP contribution in [-0.2, 0) is 6.42 Å². The first-order valence-electron chi connectivity index (χ1n) is 4.83. The van der Waals surface area contributed by atoms with Gasteiger partial charge >= 0.3 is 0 Å². The molecule has 0 saturated heterocycles. The normalized spacial score (nSPS) is 10.9. The van der Waals surface area contributed by atoms with Gasteiger partial charge in [-0.05, 0) is 40.0 Å². The number of fused-ring (bicyclic) bond motifs is 1. The standard InChI is InChI=1S/C11H10BrClN2/c1-2-4-9-7-5-3-6-8(12)10(7)15-11(13)14-9/h3,5-6H,2,4H2,1H3. The van der Waals surface area contributed by atoms with E-state index in [-0.39, 0.29) is 0 Å². The lowest BCUT2D eigenvalue weighted by Gasteiger charge is -2.05. The van der Waals surface area contributed by atoms with Crippen molar-refractivity contribution in [3.05, 3.63) is 33.6 Å². The molecule has 1 heterocycles. The van der Waals surface area contributed by atoms with E-state index in [1.807, 2.05) is 18.2 Å². The quantitative estimate of drug-likeness (QED) is 0.780. The predicted octanol–water partition coefficient (Wildman–Crippen LogP) is 4.00. The van der Waals surface area contributed by atoms with Crippen molar-refractivity contribution in [1.29, 1.82) is 0 Å². The molecule has 0 fully saturated rings. The molecule has 15 heavy (non-hydrogen) atoms. The fraction of sp³-hybridized carbons (Fsp3) is 0.273. The molecule has 1 aromatic heterocycles. The van der Waals surface area contributed by atoms with Crippen LogP contribution in [0.1, 0.15) is 19.0 Å². The maximum atomic E-state index is 5.89. The number of halogens is 2. The van der Waals surface area contributed by atoms with E-state index < -0.39 is 0 Å². The summed E-state index contributed by atoms with van der Waals surface area (Å²) in [5, 5.41) is 1.40. The molecule has 0 aliphatic heterocycles. The average Bonchev–Trinajstić information content (AvgIpc) is 2.20. The molecule has 0 amide bonds. The Morgan fingerprint density at radius 3 is 2.87 bits per heavy atom. The van der Waals surface area contributed by atoms with Crippen LogP contribution in [0.4, 0.5) is 0 Å². The molecule has 4 heteroatoms. The van der Waals surface area contributed by atoms with Gasteiger partial charge in [-0.15, -0.1) is 0 Å². The van der Waals surface area contributed by atoms with Crippen LogP contribution in [0.15, 0.2) is 22.7 Å². The fourth-order valence-corrected chi connectivity index (χ4v) is 2.22. The van der Waals surface area contributed by atoms with E-state index in [9.17, 15) is 0 Å². The van der Waals surface area contributed by atoms with E-state index in [4.69, 9.17) is 11.6 Å². The van der Waals surface area contributed by atoms with Gasteiger partial charge in [-0.1, -0.05) is 25.5 Å². The third-order valence-electron chi connectivity index (χ3n) is 2.22. The number of aromatic nitrogens is 2. The van der Waals surface area contributed by atoms with E-state index in [0.29, 0.717) is 5.28 Å². The second kappa shape index (κ2) is 4.45. The minimum atomic E-state index is 0.317. The number of nitrogens with zero attached hydrogens (tertiary/aromatic N) is 2. The maximum absolute atomic E-state index is 5.89. The summed E-state index contributed by atoms with van der Waals surface area (Å²) in [4.78, 5) is 8.49. The topological polar surface area (TPSA) is 25.8 Å². The summed E-state index contributed by atoms with van der Waals surface area (Å²) in [5.74, 6) is 0. The Morgan fingerprint density at radius 1 is 1.33 bits per heavy atom. The predicted molar refractivity (Wildman–Crippen MR) is 66.2 cm³/mol. The van der Waals surface area contributed by atoms with Gasteiger partial charge in [-0.2, -0.15) is 0 Å². The molecule has 78 valence electrons. The molecular formula is C11H10BrClN2. The third kappa shape index (κ3) is 2.13. The van der Waals surface area contributed by atoms with Gasteiger partial charge in [-0.25, -0.2) is 9.97 Å². The molecule has 0 saturated carbocycles. The summed E-state index contributed by atoms with van der Waals surface area (Å²) in [5.41, 5.74) is 1.91. The summed E-state index contributed by atoms with van der Waals surface area (Å²) in [6.45, 7) is 2.12. The average molecular weight is 286 g/mol. The van der Waals surface area contributed by atoms with Gasteiger partial charge in [0.05, 0.1) is 11.2 Å². The molecule has 1 aromatic carbocycles. The Labute approximate surface area is 102 Å². The second-order valence-electron chi connectivity index (χ2n) is 3.33. The first-order chi connectivity index (χ1) is 7.22. The zero-order chi connectivity index (χ0) is 10.8. The lowest BCUT2D eigenvalue weighted by Crippen LogP contribution is -1.95. The van der Waals surface area contributed by atoms with Crippen LogP contribution in [0.2, 0.25) is 5.28 Å². The largest absolute Gasteiger partial charge is 0.223 e. The van der Waals surface area contributed by atoms with Crippen LogP contribution in [0.3, 0.4) is 0 Å². The first-order valence-corrected chi connectivity index (χ1v) is 6.00. The van der Waals surface area contributed by atoms with Crippen molar-refractivity contribution in [1.82, 2.24) is 9.97 Å². The van der Waals surface area contributed by atoms with Crippen LogP contribution in [0, 0.1) is 0 Å². The van der Waals surface area contributed by atoms with Crippen molar-refractivity contribution in [3.8, 4) is 0 Å². The molecule has 0 spiro atoms. The van der Waals surface area contributed by atoms with Gasteiger partial charge in [0.1, 0.15) is 0 Å². The first kappa shape index (κ1) is 10.8. The van der Waals surface area contributed by atoms with Crippen molar-refractivity contribution in [2.24, 2.45) is 0 Å². The van der Waals surface area contributed by atoms with Crippen LogP contribution < -0.4 is 0 Å². The number of hydrogen-bond donors (Lipinski definition) is 0. The molecule has 0 atom stereocenters. The molecule has 0 bridgehead atoms. The summed E-state index contributed by atoms with van der Waals surface area (Å²) < 4.78 is 0.960. The molecule has 0 N–H and O–H groups in total. The Hall–Kier alpha value is -0.670. The zero-order valence-corrected chi connectivity index (χ0v) is 10.6. The Morgan fingerprint density at radius 2 is 2.13 bits per heavy atom. The minimum Gasteiger partial charge on any atom is -0.222 e. The monoisotopic (exact) mass is 284 g/mol. The van der Waals surface area contributed by atoms with E-state index >= 15 is 0 Å². The van der Waals surface area contributed by atoms with Crippen molar-refractivity contribution in [2.75, 3.05) is 0 Å². The van der Waals surface area contributed by atoms with Gasteiger partial charge in [0.25, 0.3) is 0 Å². The van der Waals surface area contributed by atoms with Gasteiger partial charge in [0.15, 0.2) is 0 Å². The van der Waals surface area contributed by atoms with Crippen LogP contribution >= 0.6 is 27.5 Å². The highest BCUT2D eigenvalue weighted by Gasteiger charge is 2.07. The number of para-hydroxylation sites is 1. The second-order valence-corrected chi connectivity index (χ2v) is 4.52. The molecule has 2 nitrogen and oxygen atoms in total. The highest BCUT2D eigenvalue weighted by molar-refractivity contribution is 9.10. The molecule has 2 rings (SSSR count). The summed E-state index contributed by atoms with van der Waals surface area (Å²) in [7, 11) is 0. The minimum absolute atomic E-state index is 0.317. The Kier molecular flexibility index (Phi) is 3.22. The molecule has 0 aliphatic rings. The maximum Gasteiger partial charge on any atom is 0.223 e. The number of hydrogen-bond acceptors (Lipinski definition) is 2. The van der Waals surface area contributed by atoms with Gasteiger partial charge in [0.2, 0.25) is 5.28 Å². The van der Waals surface area contributed by atoms with Crippen molar-refractivity contribution >= 4 is 38.4 Å². The third-order valence-corrected chi connectivity index (χ3v) is 3.02. The highest BCUT2D eigenvalue weighted by atomic mass is 79.9. The van der Waals surface area contributed by atoms with Gasteiger partial charge < -0.3 is 0 Å². The van der Waals surface area contributed by atoms with E-state index in [2.05, 4.69) is 32.8 Å². The summed E-state index contributed by atoms with van der Waals surface area (Å²) in [6, 6.07) is 5.98. The van der Waals surface area contributed by atoms with Crippen LogP contribution in [0.5, 0.6) is 0 Å². The van der Waals surface area contributed by atoms with Gasteiger partial charge in [0, 0.05) is 9.86 Å². The Bertz CT molecular complexity index is 499. The van der Waals surface area contributed by atoms with Crippen LogP contribution in [-0.4, -0.2) is 9.97 Å². The van der Waals surface area contributed by atoms with Crippen molar-refractivity contribution < 1.29 is 0 Å². The van der Waals surface area contributed by atoms with Gasteiger partial charge in [-0.3, -0.25) is 0 Å². The van der Waals surface area contributed by atoms with Crippen LogP contribution in [0.25, 0.3) is 10.9 Å². The summed E-state index contributed by atoms with van der Waals surface area (Å²) in [6.07, 6.45) is 1.98. The smallest absolute Gasteiger partial charge is 0.222 e. The number of rotatable bonds is 2. The van der Waals surface area contributed by atoms with E-state index in [0.717, 1.165) is 33.9 Å². The summed E-state index contributed by atoms with van der Waals surface area (Å²) >= 11 is 9.36. The van der Waals surface area contributed by atoms with E-state index in [1.54, 1.807) is 0 Å². The number of benzene rings is 1. The Balaban J connectivity index is 2.74. The lowest BCUT2D eigenvalue weighted by molar-refractivity contribution is 0.886. The molecule has 0 radical (unpaired) electrons.